The molecule has 1 aromatic rings. The van der Waals surface area contributed by atoms with E-state index in [9.17, 15) is 0 Å². The summed E-state index contributed by atoms with van der Waals surface area (Å²) in [6, 6.07) is 10.9. The van der Waals surface area contributed by atoms with Crippen molar-refractivity contribution in [2.45, 2.75) is 18.8 Å². The van der Waals surface area contributed by atoms with Crippen LogP contribution < -0.4 is 0 Å². The molecule has 0 saturated carbocycles. The Bertz CT molecular complexity index is 224. The molecule has 0 atom stereocenters. The molecule has 1 heterocycles. The van der Waals surface area contributed by atoms with Crippen LogP contribution in [0.4, 0.5) is 0 Å². The first-order valence-electron chi connectivity index (χ1n) is 4.59. The zero-order valence-corrected chi connectivity index (χ0v) is 8.02. The van der Waals surface area contributed by atoms with Crippen LogP contribution in [0.5, 0.6) is 0 Å². The predicted molar refractivity (Wildman–Crippen MR) is 55.7 cm³/mol. The van der Waals surface area contributed by atoms with Gasteiger partial charge in [0, 0.05) is 0 Å². The molecule has 12 heavy (non-hydrogen) atoms. The Morgan fingerprint density at radius 1 is 1.00 bits per heavy atom. The SMILES string of the molecule is c1ccc(C2CCSCC2)cc1. The molecule has 0 nitrogen and oxygen atoms in total. The second-order valence-corrected chi connectivity index (χ2v) is 4.52. The second kappa shape index (κ2) is 3.99. The van der Waals surface area contributed by atoms with Crippen molar-refractivity contribution in [1.29, 1.82) is 0 Å². The quantitative estimate of drug-likeness (QED) is 0.636. The van der Waals surface area contributed by atoms with Gasteiger partial charge in [-0.15, -0.1) is 0 Å². The summed E-state index contributed by atoms with van der Waals surface area (Å²) in [6.07, 6.45) is 2.74. The van der Waals surface area contributed by atoms with Gasteiger partial charge in [-0.1, -0.05) is 30.3 Å². The lowest BCUT2D eigenvalue weighted by molar-refractivity contribution is 0.637. The molecule has 1 heteroatoms. The van der Waals surface area contributed by atoms with E-state index in [1.165, 1.54) is 29.9 Å². The van der Waals surface area contributed by atoms with Crippen LogP contribution in [-0.2, 0) is 0 Å². The van der Waals surface area contributed by atoms with Crippen LogP contribution in [0.3, 0.4) is 0 Å². The maximum absolute atomic E-state index is 2.26. The number of hydrogen-bond donors (Lipinski definition) is 0. The van der Waals surface area contributed by atoms with E-state index >= 15 is 0 Å². The molecule has 1 aliphatic heterocycles. The third kappa shape index (κ3) is 1.84. The van der Waals surface area contributed by atoms with Crippen LogP contribution in [0.2, 0.25) is 0 Å². The summed E-state index contributed by atoms with van der Waals surface area (Å²) in [5.74, 6) is 3.53. The molecule has 0 aromatic heterocycles. The highest BCUT2D eigenvalue weighted by atomic mass is 32.2. The van der Waals surface area contributed by atoms with E-state index in [4.69, 9.17) is 0 Å². The molecule has 1 saturated heterocycles. The van der Waals surface area contributed by atoms with Gasteiger partial charge in [0.15, 0.2) is 0 Å². The van der Waals surface area contributed by atoms with Gasteiger partial charge in [-0.3, -0.25) is 0 Å². The topological polar surface area (TPSA) is 0 Å². The minimum atomic E-state index is 0.840. The van der Waals surface area contributed by atoms with Gasteiger partial charge >= 0.3 is 0 Å². The summed E-state index contributed by atoms with van der Waals surface area (Å²) in [5, 5.41) is 0. The Labute approximate surface area is 78.4 Å². The third-order valence-electron chi connectivity index (χ3n) is 2.49. The monoisotopic (exact) mass is 178 g/mol. The van der Waals surface area contributed by atoms with E-state index in [2.05, 4.69) is 42.1 Å². The highest BCUT2D eigenvalue weighted by Gasteiger charge is 2.14. The highest BCUT2D eigenvalue weighted by molar-refractivity contribution is 7.99. The molecule has 0 bridgehead atoms. The molecule has 0 radical (unpaired) electrons. The molecule has 0 amide bonds. The Hall–Kier alpha value is -0.430. The zero-order chi connectivity index (χ0) is 8.23. The zero-order valence-electron chi connectivity index (χ0n) is 7.20. The normalized spacial score (nSPS) is 19.3. The summed E-state index contributed by atoms with van der Waals surface area (Å²) in [6.45, 7) is 0. The van der Waals surface area contributed by atoms with Gasteiger partial charge in [-0.05, 0) is 35.8 Å². The van der Waals surface area contributed by atoms with Crippen molar-refractivity contribution in [3.63, 3.8) is 0 Å². The molecule has 2 rings (SSSR count). The molecule has 0 unspecified atom stereocenters. The van der Waals surface area contributed by atoms with E-state index in [-0.39, 0.29) is 0 Å². The van der Waals surface area contributed by atoms with Crippen molar-refractivity contribution < 1.29 is 0 Å². The maximum Gasteiger partial charge on any atom is -0.00617 e. The molecule has 1 aromatic carbocycles. The second-order valence-electron chi connectivity index (χ2n) is 3.30. The molecule has 1 fully saturated rings. The molecular weight excluding hydrogens is 164 g/mol. The molecular formula is C11H14S. The van der Waals surface area contributed by atoms with Gasteiger partial charge in [0.25, 0.3) is 0 Å². The van der Waals surface area contributed by atoms with Crippen LogP contribution >= 0.6 is 11.8 Å². The van der Waals surface area contributed by atoms with Crippen molar-refractivity contribution in [1.82, 2.24) is 0 Å². The summed E-state index contributed by atoms with van der Waals surface area (Å²) < 4.78 is 0. The smallest absolute Gasteiger partial charge is 0.00617 e. The van der Waals surface area contributed by atoms with Crippen LogP contribution in [0.25, 0.3) is 0 Å². The van der Waals surface area contributed by atoms with Crippen molar-refractivity contribution in [2.24, 2.45) is 0 Å². The highest BCUT2D eigenvalue weighted by Crippen LogP contribution is 2.30. The van der Waals surface area contributed by atoms with Gasteiger partial charge < -0.3 is 0 Å². The van der Waals surface area contributed by atoms with Gasteiger partial charge in [0.05, 0.1) is 0 Å². The van der Waals surface area contributed by atoms with E-state index < -0.39 is 0 Å². The maximum atomic E-state index is 2.26. The third-order valence-corrected chi connectivity index (χ3v) is 3.54. The molecule has 0 aliphatic carbocycles. The Balaban J connectivity index is 2.08. The summed E-state index contributed by atoms with van der Waals surface area (Å²) in [7, 11) is 0. The first-order chi connectivity index (χ1) is 5.97. The number of rotatable bonds is 1. The van der Waals surface area contributed by atoms with Gasteiger partial charge in [-0.2, -0.15) is 11.8 Å². The number of thioether (sulfide) groups is 1. The first-order valence-corrected chi connectivity index (χ1v) is 5.75. The van der Waals surface area contributed by atoms with Gasteiger partial charge in [0.1, 0.15) is 0 Å². The van der Waals surface area contributed by atoms with Gasteiger partial charge in [0.2, 0.25) is 0 Å². The fraction of sp³-hybridized carbons (Fsp3) is 0.455. The Morgan fingerprint density at radius 3 is 2.33 bits per heavy atom. The van der Waals surface area contributed by atoms with Crippen molar-refractivity contribution in [2.75, 3.05) is 11.5 Å². The average molecular weight is 178 g/mol. The predicted octanol–water partition coefficient (Wildman–Crippen LogP) is 3.30. The average Bonchev–Trinajstić information content (AvgIpc) is 2.21. The fourth-order valence-corrected chi connectivity index (χ4v) is 2.86. The van der Waals surface area contributed by atoms with Crippen LogP contribution in [-0.4, -0.2) is 11.5 Å². The van der Waals surface area contributed by atoms with E-state index in [1.807, 2.05) is 0 Å². The van der Waals surface area contributed by atoms with Crippen molar-refractivity contribution in [3.8, 4) is 0 Å². The van der Waals surface area contributed by atoms with Crippen LogP contribution in [0.15, 0.2) is 30.3 Å². The Kier molecular flexibility index (Phi) is 2.72. The summed E-state index contributed by atoms with van der Waals surface area (Å²) in [5.41, 5.74) is 1.54. The van der Waals surface area contributed by atoms with E-state index in [0.717, 1.165) is 5.92 Å². The molecule has 64 valence electrons. The largest absolute Gasteiger partial charge is 0.162 e. The number of benzene rings is 1. The van der Waals surface area contributed by atoms with E-state index in [1.54, 1.807) is 0 Å². The minimum Gasteiger partial charge on any atom is -0.162 e. The lowest BCUT2D eigenvalue weighted by Gasteiger charge is -2.21. The number of hydrogen-bond acceptors (Lipinski definition) is 1. The molecule has 1 aliphatic rings. The summed E-state index contributed by atoms with van der Waals surface area (Å²) in [4.78, 5) is 0. The fourth-order valence-electron chi connectivity index (χ4n) is 1.76. The Morgan fingerprint density at radius 2 is 1.67 bits per heavy atom. The van der Waals surface area contributed by atoms with Gasteiger partial charge in [-0.25, -0.2) is 0 Å². The summed E-state index contributed by atoms with van der Waals surface area (Å²) >= 11 is 2.09. The van der Waals surface area contributed by atoms with Crippen LogP contribution in [0.1, 0.15) is 24.3 Å². The van der Waals surface area contributed by atoms with Crippen LogP contribution in [0, 0.1) is 0 Å². The van der Waals surface area contributed by atoms with Crippen molar-refractivity contribution >= 4 is 11.8 Å². The molecule has 0 N–H and O–H groups in total. The standard InChI is InChI=1S/C11H14S/c1-2-4-10(5-3-1)11-6-8-12-9-7-11/h1-5,11H,6-9H2. The lowest BCUT2D eigenvalue weighted by atomic mass is 9.94. The van der Waals surface area contributed by atoms with E-state index in [0.29, 0.717) is 0 Å². The minimum absolute atomic E-state index is 0.840. The van der Waals surface area contributed by atoms with Crippen molar-refractivity contribution in [3.05, 3.63) is 35.9 Å². The molecule has 0 spiro atoms. The lowest BCUT2D eigenvalue weighted by Crippen LogP contribution is -2.07. The first kappa shape index (κ1) is 8.18.